The topological polar surface area (TPSA) is 56.2 Å². The minimum Gasteiger partial charge on any atom is -0.491 e. The number of benzene rings is 1. The molecule has 1 atom stereocenters. The number of aryl methyl sites for hydroxylation is 4. The van der Waals surface area contributed by atoms with Crippen LogP contribution in [-0.4, -0.2) is 28.3 Å². The number of hydrogen-bond acceptors (Lipinski definition) is 3. The molecule has 1 heterocycles. The maximum atomic E-state index is 12.6. The van der Waals surface area contributed by atoms with Crippen molar-refractivity contribution in [2.24, 2.45) is 0 Å². The molecule has 0 spiro atoms. The minimum atomic E-state index is -0.151. The van der Waals surface area contributed by atoms with Crippen molar-refractivity contribution < 1.29 is 9.53 Å². The maximum Gasteiger partial charge on any atom is 0.271 e. The molecular formula is C18H24BrN3O2. The zero-order chi connectivity index (χ0) is 17.9. The number of hydrogen-bond donors (Lipinski definition) is 1. The molecule has 0 aliphatic rings. The first-order chi connectivity index (χ1) is 11.3. The summed E-state index contributed by atoms with van der Waals surface area (Å²) < 4.78 is 8.35. The molecule has 2 rings (SSSR count). The van der Waals surface area contributed by atoms with Crippen LogP contribution in [0.3, 0.4) is 0 Å². The van der Waals surface area contributed by atoms with Gasteiger partial charge in [-0.1, -0.05) is 18.2 Å². The molecule has 0 aliphatic carbocycles. The van der Waals surface area contributed by atoms with E-state index in [4.69, 9.17) is 4.74 Å². The number of nitrogens with zero attached hydrogens (tertiary/aromatic N) is 2. The van der Waals surface area contributed by atoms with Crippen LogP contribution in [-0.2, 0) is 6.54 Å². The second-order valence-corrected chi connectivity index (χ2v) is 6.76. The number of rotatable bonds is 6. The van der Waals surface area contributed by atoms with Gasteiger partial charge in [-0.25, -0.2) is 0 Å². The lowest BCUT2D eigenvalue weighted by molar-refractivity contribution is 0.0915. The fourth-order valence-electron chi connectivity index (χ4n) is 2.57. The number of ether oxygens (including phenoxy) is 1. The average molecular weight is 394 g/mol. The van der Waals surface area contributed by atoms with E-state index in [2.05, 4.69) is 26.3 Å². The summed E-state index contributed by atoms with van der Waals surface area (Å²) >= 11 is 3.45. The highest BCUT2D eigenvalue weighted by Crippen LogP contribution is 2.23. The third kappa shape index (κ3) is 3.98. The molecule has 130 valence electrons. The Morgan fingerprint density at radius 1 is 1.33 bits per heavy atom. The molecule has 1 amide bonds. The zero-order valence-electron chi connectivity index (χ0n) is 14.8. The van der Waals surface area contributed by atoms with E-state index in [0.29, 0.717) is 18.8 Å². The summed E-state index contributed by atoms with van der Waals surface area (Å²) in [5.41, 5.74) is 3.54. The highest BCUT2D eigenvalue weighted by atomic mass is 79.9. The van der Waals surface area contributed by atoms with Gasteiger partial charge in [0.05, 0.1) is 16.2 Å². The first kappa shape index (κ1) is 18.5. The van der Waals surface area contributed by atoms with Crippen LogP contribution in [0.2, 0.25) is 0 Å². The molecule has 1 N–H and O–H groups in total. The van der Waals surface area contributed by atoms with Crippen LogP contribution >= 0.6 is 15.9 Å². The van der Waals surface area contributed by atoms with Gasteiger partial charge in [-0.3, -0.25) is 9.48 Å². The second kappa shape index (κ2) is 7.83. The lowest BCUT2D eigenvalue weighted by Crippen LogP contribution is -2.38. The maximum absolute atomic E-state index is 12.6. The smallest absolute Gasteiger partial charge is 0.271 e. The Hall–Kier alpha value is -1.82. The first-order valence-corrected chi connectivity index (χ1v) is 8.87. The number of amides is 1. The molecule has 0 aliphatic heterocycles. The van der Waals surface area contributed by atoms with E-state index in [1.807, 2.05) is 52.8 Å². The van der Waals surface area contributed by atoms with Crippen molar-refractivity contribution in [1.29, 1.82) is 0 Å². The van der Waals surface area contributed by atoms with Gasteiger partial charge in [0.2, 0.25) is 0 Å². The molecule has 0 radical (unpaired) electrons. The Labute approximate surface area is 151 Å². The fraction of sp³-hybridized carbons (Fsp3) is 0.444. The molecule has 24 heavy (non-hydrogen) atoms. The molecule has 0 fully saturated rings. The van der Waals surface area contributed by atoms with Crippen LogP contribution in [0.5, 0.6) is 5.75 Å². The molecular weight excluding hydrogens is 370 g/mol. The summed E-state index contributed by atoms with van der Waals surface area (Å²) in [5.74, 6) is 0.733. The Kier molecular flexibility index (Phi) is 6.04. The largest absolute Gasteiger partial charge is 0.491 e. The molecule has 1 aromatic heterocycles. The highest BCUT2D eigenvalue weighted by molar-refractivity contribution is 9.10. The van der Waals surface area contributed by atoms with Crippen LogP contribution in [0, 0.1) is 20.8 Å². The van der Waals surface area contributed by atoms with Gasteiger partial charge in [-0.2, -0.15) is 5.10 Å². The van der Waals surface area contributed by atoms with Gasteiger partial charge >= 0.3 is 0 Å². The average Bonchev–Trinajstić information content (AvgIpc) is 2.81. The standard InChI is InChI=1S/C18H24BrN3O2/c1-6-22-16(15(19)14(5)21-22)18(23)20-13(4)10-24-17-11(2)8-7-9-12(17)3/h7-9,13H,6,10H2,1-5H3,(H,20,23). The third-order valence-electron chi connectivity index (χ3n) is 3.83. The first-order valence-electron chi connectivity index (χ1n) is 8.07. The summed E-state index contributed by atoms with van der Waals surface area (Å²) in [7, 11) is 0. The number of nitrogens with one attached hydrogen (secondary N) is 1. The Bertz CT molecular complexity index is 720. The van der Waals surface area contributed by atoms with Crippen molar-refractivity contribution in [2.75, 3.05) is 6.61 Å². The summed E-state index contributed by atoms with van der Waals surface area (Å²) in [6.45, 7) is 10.9. The van der Waals surface area contributed by atoms with E-state index in [1.165, 1.54) is 0 Å². The zero-order valence-corrected chi connectivity index (χ0v) is 16.4. The molecule has 0 saturated heterocycles. The van der Waals surface area contributed by atoms with Crippen LogP contribution < -0.4 is 10.1 Å². The van der Waals surface area contributed by atoms with Crippen molar-refractivity contribution >= 4 is 21.8 Å². The summed E-state index contributed by atoms with van der Waals surface area (Å²) in [6, 6.07) is 5.93. The summed E-state index contributed by atoms with van der Waals surface area (Å²) in [6.07, 6.45) is 0. The quantitative estimate of drug-likeness (QED) is 0.811. The van der Waals surface area contributed by atoms with Gasteiger partial charge in [0, 0.05) is 6.54 Å². The van der Waals surface area contributed by atoms with Crippen LogP contribution in [0.1, 0.15) is 41.2 Å². The van der Waals surface area contributed by atoms with Gasteiger partial charge in [-0.15, -0.1) is 0 Å². The SMILES string of the molecule is CCn1nc(C)c(Br)c1C(=O)NC(C)COc1c(C)cccc1C. The number of para-hydroxylation sites is 1. The van der Waals surface area contributed by atoms with Crippen molar-refractivity contribution in [3.8, 4) is 5.75 Å². The Morgan fingerprint density at radius 2 is 1.96 bits per heavy atom. The van der Waals surface area contributed by atoms with Crippen molar-refractivity contribution in [1.82, 2.24) is 15.1 Å². The third-order valence-corrected chi connectivity index (χ3v) is 4.78. The van der Waals surface area contributed by atoms with E-state index in [0.717, 1.165) is 27.0 Å². The van der Waals surface area contributed by atoms with Crippen LogP contribution in [0.25, 0.3) is 0 Å². The highest BCUT2D eigenvalue weighted by Gasteiger charge is 2.21. The molecule has 0 saturated carbocycles. The normalized spacial score (nSPS) is 12.1. The monoisotopic (exact) mass is 393 g/mol. The Morgan fingerprint density at radius 3 is 2.54 bits per heavy atom. The lowest BCUT2D eigenvalue weighted by Gasteiger charge is -2.18. The van der Waals surface area contributed by atoms with Gasteiger partial charge in [-0.05, 0) is 61.7 Å². The molecule has 2 aromatic rings. The van der Waals surface area contributed by atoms with Gasteiger partial charge in [0.25, 0.3) is 5.91 Å². The predicted octanol–water partition coefficient (Wildman–Crippen LogP) is 3.79. The molecule has 1 aromatic carbocycles. The van der Waals surface area contributed by atoms with Crippen molar-refractivity contribution in [3.05, 3.63) is 45.2 Å². The summed E-state index contributed by atoms with van der Waals surface area (Å²) in [4.78, 5) is 12.6. The number of halogens is 1. The number of aromatic nitrogens is 2. The van der Waals surface area contributed by atoms with Crippen molar-refractivity contribution in [2.45, 2.75) is 47.2 Å². The predicted molar refractivity (Wildman–Crippen MR) is 98.7 cm³/mol. The van der Waals surface area contributed by atoms with Crippen LogP contribution in [0.15, 0.2) is 22.7 Å². The second-order valence-electron chi connectivity index (χ2n) is 5.97. The molecule has 5 nitrogen and oxygen atoms in total. The van der Waals surface area contributed by atoms with Gasteiger partial charge < -0.3 is 10.1 Å². The minimum absolute atomic E-state index is 0.121. The van der Waals surface area contributed by atoms with E-state index < -0.39 is 0 Å². The number of carbonyl (C=O) groups excluding carboxylic acids is 1. The van der Waals surface area contributed by atoms with Crippen molar-refractivity contribution in [3.63, 3.8) is 0 Å². The lowest BCUT2D eigenvalue weighted by atomic mass is 10.1. The van der Waals surface area contributed by atoms with Crippen LogP contribution in [0.4, 0.5) is 0 Å². The van der Waals surface area contributed by atoms with E-state index >= 15 is 0 Å². The van der Waals surface area contributed by atoms with Gasteiger partial charge in [0.1, 0.15) is 18.1 Å². The van der Waals surface area contributed by atoms with E-state index in [-0.39, 0.29) is 11.9 Å². The fourth-order valence-corrected chi connectivity index (χ4v) is 3.04. The van der Waals surface area contributed by atoms with E-state index in [1.54, 1.807) is 4.68 Å². The molecule has 1 unspecified atom stereocenters. The molecule has 6 heteroatoms. The molecule has 0 bridgehead atoms. The summed E-state index contributed by atoms with van der Waals surface area (Å²) in [5, 5.41) is 7.33. The van der Waals surface area contributed by atoms with E-state index in [9.17, 15) is 4.79 Å². The Balaban J connectivity index is 2.02. The van der Waals surface area contributed by atoms with Gasteiger partial charge in [0.15, 0.2) is 0 Å². The number of carbonyl (C=O) groups is 1.